The summed E-state index contributed by atoms with van der Waals surface area (Å²) in [5.41, 5.74) is 2.59. The third kappa shape index (κ3) is 2.20. The highest BCUT2D eigenvalue weighted by Gasteiger charge is 2.20. The van der Waals surface area contributed by atoms with Crippen LogP contribution in [0.25, 0.3) is 0 Å². The number of rotatable bonds is 2. The molecule has 1 N–H and O–H groups in total. The van der Waals surface area contributed by atoms with Crippen LogP contribution in [0.4, 0.5) is 0 Å². The molecular formula is C12H15NO. The van der Waals surface area contributed by atoms with E-state index in [0.717, 1.165) is 6.42 Å². The van der Waals surface area contributed by atoms with Gasteiger partial charge in [-0.25, -0.2) is 0 Å². The van der Waals surface area contributed by atoms with E-state index in [0.29, 0.717) is 24.8 Å². The molecule has 0 bridgehead atoms. The first kappa shape index (κ1) is 9.41. The fourth-order valence-corrected chi connectivity index (χ4v) is 1.83. The summed E-state index contributed by atoms with van der Waals surface area (Å²) in [6, 6.07) is 8.86. The zero-order valence-corrected chi connectivity index (χ0v) is 8.42. The highest BCUT2D eigenvalue weighted by molar-refractivity contribution is 5.83. The molecule has 1 aliphatic rings. The number of aryl methyl sites for hydroxylation is 1. The summed E-state index contributed by atoms with van der Waals surface area (Å²) in [5.74, 6) is 0.335. The molecule has 1 fully saturated rings. The van der Waals surface area contributed by atoms with Crippen molar-refractivity contribution in [1.82, 2.24) is 5.32 Å². The Labute approximate surface area is 84.3 Å². The number of hydrogen-bond donors (Lipinski definition) is 1. The predicted molar refractivity (Wildman–Crippen MR) is 56.3 cm³/mol. The van der Waals surface area contributed by atoms with Crippen LogP contribution in [0.5, 0.6) is 0 Å². The van der Waals surface area contributed by atoms with E-state index in [2.05, 4.69) is 36.5 Å². The molecule has 1 atom stereocenters. The largest absolute Gasteiger partial charge is 0.306 e. The van der Waals surface area contributed by atoms with Crippen molar-refractivity contribution >= 4 is 5.78 Å². The maximum absolute atomic E-state index is 11.0. The van der Waals surface area contributed by atoms with Gasteiger partial charge < -0.3 is 5.32 Å². The van der Waals surface area contributed by atoms with E-state index in [-0.39, 0.29) is 0 Å². The summed E-state index contributed by atoms with van der Waals surface area (Å²) in [7, 11) is 0. The van der Waals surface area contributed by atoms with Crippen LogP contribution in [-0.4, -0.2) is 18.4 Å². The van der Waals surface area contributed by atoms with Gasteiger partial charge in [0, 0.05) is 12.5 Å². The van der Waals surface area contributed by atoms with Gasteiger partial charge in [0.25, 0.3) is 0 Å². The third-order valence-electron chi connectivity index (χ3n) is 2.66. The Balaban J connectivity index is 1.97. The van der Waals surface area contributed by atoms with Crippen LogP contribution in [0.15, 0.2) is 24.3 Å². The lowest BCUT2D eigenvalue weighted by molar-refractivity contribution is -0.116. The minimum atomic E-state index is 0.335. The third-order valence-corrected chi connectivity index (χ3v) is 2.66. The van der Waals surface area contributed by atoms with Crippen molar-refractivity contribution in [2.45, 2.75) is 25.8 Å². The molecule has 0 aromatic heterocycles. The van der Waals surface area contributed by atoms with E-state index in [4.69, 9.17) is 0 Å². The average Bonchev–Trinajstić information content (AvgIpc) is 2.56. The second kappa shape index (κ2) is 3.93. The monoisotopic (exact) mass is 189 g/mol. The van der Waals surface area contributed by atoms with E-state index in [1.165, 1.54) is 11.1 Å². The summed E-state index contributed by atoms with van der Waals surface area (Å²) < 4.78 is 0. The topological polar surface area (TPSA) is 29.1 Å². The molecule has 0 amide bonds. The maximum Gasteiger partial charge on any atom is 0.148 e. The van der Waals surface area contributed by atoms with Gasteiger partial charge in [-0.05, 0) is 18.9 Å². The number of hydrogen-bond acceptors (Lipinski definition) is 2. The van der Waals surface area contributed by atoms with Crippen LogP contribution < -0.4 is 5.32 Å². The highest BCUT2D eigenvalue weighted by Crippen LogP contribution is 2.11. The van der Waals surface area contributed by atoms with E-state index in [1.807, 2.05) is 0 Å². The van der Waals surface area contributed by atoms with Crippen LogP contribution in [0, 0.1) is 6.92 Å². The van der Waals surface area contributed by atoms with Crippen molar-refractivity contribution in [1.29, 1.82) is 0 Å². The van der Waals surface area contributed by atoms with E-state index < -0.39 is 0 Å². The minimum absolute atomic E-state index is 0.335. The highest BCUT2D eigenvalue weighted by atomic mass is 16.1. The molecule has 74 valence electrons. The van der Waals surface area contributed by atoms with Crippen molar-refractivity contribution in [3.63, 3.8) is 0 Å². The molecule has 0 unspecified atom stereocenters. The van der Waals surface area contributed by atoms with Crippen molar-refractivity contribution in [3.8, 4) is 0 Å². The second-order valence-corrected chi connectivity index (χ2v) is 4.01. The molecule has 2 nitrogen and oxygen atoms in total. The molecule has 0 saturated carbocycles. The Morgan fingerprint density at radius 1 is 1.36 bits per heavy atom. The lowest BCUT2D eigenvalue weighted by Gasteiger charge is -2.08. The quantitative estimate of drug-likeness (QED) is 0.763. The normalized spacial score (nSPS) is 21.5. The van der Waals surface area contributed by atoms with Crippen LogP contribution in [0.2, 0.25) is 0 Å². The first-order valence-corrected chi connectivity index (χ1v) is 5.04. The van der Waals surface area contributed by atoms with E-state index in [9.17, 15) is 4.79 Å². The molecule has 0 aliphatic carbocycles. The Bertz CT molecular complexity index is 329. The zero-order valence-electron chi connectivity index (χ0n) is 8.42. The van der Waals surface area contributed by atoms with Gasteiger partial charge in [0.05, 0.1) is 6.54 Å². The Morgan fingerprint density at radius 3 is 2.64 bits per heavy atom. The van der Waals surface area contributed by atoms with Gasteiger partial charge in [-0.1, -0.05) is 29.8 Å². The van der Waals surface area contributed by atoms with Gasteiger partial charge in [-0.2, -0.15) is 0 Å². The van der Waals surface area contributed by atoms with Crippen molar-refractivity contribution in [2.24, 2.45) is 0 Å². The van der Waals surface area contributed by atoms with Gasteiger partial charge in [-0.15, -0.1) is 0 Å². The maximum atomic E-state index is 11.0. The molecule has 1 aromatic rings. The van der Waals surface area contributed by atoms with Crippen molar-refractivity contribution in [3.05, 3.63) is 35.4 Å². The van der Waals surface area contributed by atoms with Crippen LogP contribution in [0.1, 0.15) is 17.5 Å². The molecule has 1 saturated heterocycles. The summed E-state index contributed by atoms with van der Waals surface area (Å²) in [6.07, 6.45) is 1.65. The summed E-state index contributed by atoms with van der Waals surface area (Å²) in [4.78, 5) is 11.0. The fourth-order valence-electron chi connectivity index (χ4n) is 1.83. The first-order valence-electron chi connectivity index (χ1n) is 5.04. The predicted octanol–water partition coefficient (Wildman–Crippen LogP) is 1.47. The number of Topliss-reactive ketones (excluding diaryl/α,β-unsaturated/α-hetero) is 1. The molecular weight excluding hydrogens is 174 g/mol. The van der Waals surface area contributed by atoms with Crippen molar-refractivity contribution < 1.29 is 4.79 Å². The van der Waals surface area contributed by atoms with Crippen LogP contribution >= 0.6 is 0 Å². The smallest absolute Gasteiger partial charge is 0.148 e. The molecule has 2 heteroatoms. The average molecular weight is 189 g/mol. The number of nitrogens with one attached hydrogen (secondary N) is 1. The van der Waals surface area contributed by atoms with Crippen LogP contribution in [0.3, 0.4) is 0 Å². The van der Waals surface area contributed by atoms with Crippen LogP contribution in [-0.2, 0) is 11.2 Å². The molecule has 14 heavy (non-hydrogen) atoms. The molecule has 1 heterocycles. The van der Waals surface area contributed by atoms with Gasteiger partial charge in [-0.3, -0.25) is 4.79 Å². The number of ketones is 1. The summed E-state index contributed by atoms with van der Waals surface area (Å²) in [6.45, 7) is 2.64. The molecule has 2 rings (SSSR count). The Hall–Kier alpha value is -1.15. The lowest BCUT2D eigenvalue weighted by Crippen LogP contribution is -2.23. The Kier molecular flexibility index (Phi) is 2.64. The number of carbonyl (C=O) groups is 1. The van der Waals surface area contributed by atoms with E-state index >= 15 is 0 Å². The second-order valence-electron chi connectivity index (χ2n) is 4.01. The van der Waals surface area contributed by atoms with Gasteiger partial charge in [0.2, 0.25) is 0 Å². The zero-order chi connectivity index (χ0) is 9.97. The molecule has 1 aromatic carbocycles. The Morgan fingerprint density at radius 2 is 2.07 bits per heavy atom. The first-order chi connectivity index (χ1) is 6.74. The molecule has 0 spiro atoms. The van der Waals surface area contributed by atoms with Gasteiger partial charge >= 0.3 is 0 Å². The van der Waals surface area contributed by atoms with Crippen molar-refractivity contribution in [2.75, 3.05) is 6.54 Å². The van der Waals surface area contributed by atoms with Gasteiger partial charge in [0.15, 0.2) is 0 Å². The summed E-state index contributed by atoms with van der Waals surface area (Å²) >= 11 is 0. The standard InChI is InChI=1S/C12H15NO/c1-9-2-4-10(5-3-9)6-11-7-12(14)8-13-11/h2-5,11,13H,6-8H2,1H3/t11-/m0/s1. The lowest BCUT2D eigenvalue weighted by atomic mass is 10.0. The fraction of sp³-hybridized carbons (Fsp3) is 0.417. The minimum Gasteiger partial charge on any atom is -0.306 e. The molecule has 1 aliphatic heterocycles. The van der Waals surface area contributed by atoms with Gasteiger partial charge in [0.1, 0.15) is 5.78 Å². The number of carbonyl (C=O) groups excluding carboxylic acids is 1. The van der Waals surface area contributed by atoms with E-state index in [1.54, 1.807) is 0 Å². The SMILES string of the molecule is Cc1ccc(C[C@H]2CC(=O)CN2)cc1. The summed E-state index contributed by atoms with van der Waals surface area (Å²) in [5, 5.41) is 3.22. The number of benzene rings is 1. The molecule has 0 radical (unpaired) electrons.